The SMILES string of the molecule is c1ccc(Cc2nc3c(c(NCCn4cccn4)n2)CCNCC3)cc1. The van der Waals surface area contributed by atoms with Crippen molar-refractivity contribution in [2.75, 3.05) is 25.0 Å². The molecule has 6 heteroatoms. The average molecular weight is 348 g/mol. The van der Waals surface area contributed by atoms with Gasteiger partial charge in [-0.2, -0.15) is 5.10 Å². The summed E-state index contributed by atoms with van der Waals surface area (Å²) in [7, 11) is 0. The lowest BCUT2D eigenvalue weighted by molar-refractivity contribution is 0.636. The summed E-state index contributed by atoms with van der Waals surface area (Å²) in [6.07, 6.45) is 6.46. The number of fused-ring (bicyclic) bond motifs is 1. The molecule has 134 valence electrons. The van der Waals surface area contributed by atoms with Crippen LogP contribution in [0.1, 0.15) is 22.6 Å². The molecule has 26 heavy (non-hydrogen) atoms. The van der Waals surface area contributed by atoms with Crippen LogP contribution < -0.4 is 10.6 Å². The number of benzene rings is 1. The van der Waals surface area contributed by atoms with Gasteiger partial charge in [-0.25, -0.2) is 9.97 Å². The quantitative estimate of drug-likeness (QED) is 0.714. The lowest BCUT2D eigenvalue weighted by atomic mass is 10.1. The first-order valence-electron chi connectivity index (χ1n) is 9.23. The molecular weight excluding hydrogens is 324 g/mol. The van der Waals surface area contributed by atoms with E-state index in [0.29, 0.717) is 0 Å². The minimum absolute atomic E-state index is 0.759. The largest absolute Gasteiger partial charge is 0.368 e. The van der Waals surface area contributed by atoms with Crippen LogP contribution in [0.3, 0.4) is 0 Å². The molecule has 0 atom stereocenters. The van der Waals surface area contributed by atoms with E-state index in [9.17, 15) is 0 Å². The molecule has 1 aliphatic heterocycles. The lowest BCUT2D eigenvalue weighted by Crippen LogP contribution is -2.17. The maximum Gasteiger partial charge on any atom is 0.135 e. The summed E-state index contributed by atoms with van der Waals surface area (Å²) < 4.78 is 1.93. The number of aromatic nitrogens is 4. The van der Waals surface area contributed by atoms with Crippen LogP contribution in [0.15, 0.2) is 48.8 Å². The first-order valence-corrected chi connectivity index (χ1v) is 9.23. The maximum absolute atomic E-state index is 4.88. The Morgan fingerprint density at radius 1 is 1.04 bits per heavy atom. The molecule has 0 fully saturated rings. The van der Waals surface area contributed by atoms with Gasteiger partial charge in [0.25, 0.3) is 0 Å². The average Bonchev–Trinajstić information content (AvgIpc) is 3.06. The Labute approximate surface area is 153 Å². The molecule has 0 amide bonds. The molecule has 2 N–H and O–H groups in total. The van der Waals surface area contributed by atoms with Gasteiger partial charge in [-0.3, -0.25) is 4.68 Å². The van der Waals surface area contributed by atoms with Crippen LogP contribution in [0.25, 0.3) is 0 Å². The van der Waals surface area contributed by atoms with Crippen molar-refractivity contribution in [2.45, 2.75) is 25.8 Å². The van der Waals surface area contributed by atoms with Crippen molar-refractivity contribution >= 4 is 5.82 Å². The molecule has 3 aromatic rings. The third-order valence-corrected chi connectivity index (χ3v) is 4.63. The molecule has 0 saturated heterocycles. The summed E-state index contributed by atoms with van der Waals surface area (Å²) >= 11 is 0. The molecule has 0 saturated carbocycles. The van der Waals surface area contributed by atoms with Gasteiger partial charge in [0.05, 0.1) is 12.2 Å². The normalized spacial score (nSPS) is 13.8. The number of hydrogen-bond acceptors (Lipinski definition) is 5. The molecule has 2 aromatic heterocycles. The second-order valence-corrected chi connectivity index (χ2v) is 6.52. The van der Waals surface area contributed by atoms with Gasteiger partial charge in [0, 0.05) is 43.9 Å². The Balaban J connectivity index is 1.56. The standard InChI is InChI=1S/C20H24N6/c1-2-5-16(6-3-1)15-19-24-18-8-11-21-10-7-17(18)20(25-19)22-12-14-26-13-4-9-23-26/h1-6,9,13,21H,7-8,10-12,14-15H2,(H,22,24,25). The van der Waals surface area contributed by atoms with Crippen molar-refractivity contribution in [3.8, 4) is 0 Å². The highest BCUT2D eigenvalue weighted by molar-refractivity contribution is 5.48. The molecule has 1 aromatic carbocycles. The number of nitrogens with zero attached hydrogens (tertiary/aromatic N) is 4. The highest BCUT2D eigenvalue weighted by Crippen LogP contribution is 2.21. The third kappa shape index (κ3) is 4.08. The lowest BCUT2D eigenvalue weighted by Gasteiger charge is -2.15. The zero-order valence-electron chi connectivity index (χ0n) is 14.9. The van der Waals surface area contributed by atoms with Crippen molar-refractivity contribution in [2.24, 2.45) is 0 Å². The Kier molecular flexibility index (Phi) is 5.21. The topological polar surface area (TPSA) is 67.7 Å². The Bertz CT molecular complexity index is 829. The second-order valence-electron chi connectivity index (χ2n) is 6.52. The molecule has 0 spiro atoms. The summed E-state index contributed by atoms with van der Waals surface area (Å²) in [5.41, 5.74) is 3.67. The maximum atomic E-state index is 4.88. The molecule has 4 rings (SSSR count). The number of anilines is 1. The minimum atomic E-state index is 0.759. The number of rotatable bonds is 6. The van der Waals surface area contributed by atoms with E-state index in [4.69, 9.17) is 9.97 Å². The van der Waals surface area contributed by atoms with Gasteiger partial charge in [-0.05, 0) is 24.6 Å². The summed E-state index contributed by atoms with van der Waals surface area (Å²) in [5.74, 6) is 1.87. The molecule has 0 aliphatic carbocycles. The number of nitrogens with one attached hydrogen (secondary N) is 2. The fourth-order valence-electron chi connectivity index (χ4n) is 3.32. The Morgan fingerprint density at radius 2 is 1.92 bits per heavy atom. The van der Waals surface area contributed by atoms with E-state index >= 15 is 0 Å². The van der Waals surface area contributed by atoms with Crippen molar-refractivity contribution in [1.29, 1.82) is 0 Å². The third-order valence-electron chi connectivity index (χ3n) is 4.63. The van der Waals surface area contributed by atoms with Crippen LogP contribution in [0.4, 0.5) is 5.82 Å². The summed E-state index contributed by atoms with van der Waals surface area (Å²) in [6.45, 7) is 3.56. The van der Waals surface area contributed by atoms with Crippen LogP contribution in [0.2, 0.25) is 0 Å². The van der Waals surface area contributed by atoms with Crippen molar-refractivity contribution < 1.29 is 0 Å². The van der Waals surface area contributed by atoms with E-state index < -0.39 is 0 Å². The van der Waals surface area contributed by atoms with Crippen molar-refractivity contribution in [1.82, 2.24) is 25.1 Å². The molecule has 6 nitrogen and oxygen atoms in total. The molecule has 1 aliphatic rings. The van der Waals surface area contributed by atoms with Crippen LogP contribution >= 0.6 is 0 Å². The van der Waals surface area contributed by atoms with Gasteiger partial charge in [-0.1, -0.05) is 30.3 Å². The molecular formula is C20H24N6. The van der Waals surface area contributed by atoms with Crippen molar-refractivity contribution in [3.05, 3.63) is 71.4 Å². The van der Waals surface area contributed by atoms with E-state index in [2.05, 4.69) is 40.0 Å². The fraction of sp³-hybridized carbons (Fsp3) is 0.350. The zero-order chi connectivity index (χ0) is 17.6. The smallest absolute Gasteiger partial charge is 0.135 e. The van der Waals surface area contributed by atoms with Gasteiger partial charge < -0.3 is 10.6 Å². The molecule has 0 bridgehead atoms. The second kappa shape index (κ2) is 8.10. The summed E-state index contributed by atoms with van der Waals surface area (Å²) in [6, 6.07) is 12.4. The molecule has 0 radical (unpaired) electrons. The van der Waals surface area contributed by atoms with E-state index in [-0.39, 0.29) is 0 Å². The van der Waals surface area contributed by atoms with E-state index in [1.54, 1.807) is 6.20 Å². The van der Waals surface area contributed by atoms with Crippen LogP contribution in [-0.2, 0) is 25.8 Å². The molecule has 3 heterocycles. The minimum Gasteiger partial charge on any atom is -0.368 e. The van der Waals surface area contributed by atoms with E-state index in [0.717, 1.165) is 57.1 Å². The van der Waals surface area contributed by atoms with Gasteiger partial charge in [0.1, 0.15) is 11.6 Å². The number of hydrogen-bond donors (Lipinski definition) is 2. The zero-order valence-corrected chi connectivity index (χ0v) is 14.9. The summed E-state index contributed by atoms with van der Waals surface area (Å²) in [4.78, 5) is 9.74. The van der Waals surface area contributed by atoms with E-state index in [1.807, 2.05) is 23.0 Å². The van der Waals surface area contributed by atoms with E-state index in [1.165, 1.54) is 16.8 Å². The van der Waals surface area contributed by atoms with Gasteiger partial charge in [0.15, 0.2) is 0 Å². The van der Waals surface area contributed by atoms with Gasteiger partial charge in [0.2, 0.25) is 0 Å². The Hall–Kier alpha value is -2.73. The predicted octanol–water partition coefficient (Wildman–Crippen LogP) is 2.06. The van der Waals surface area contributed by atoms with Gasteiger partial charge in [-0.15, -0.1) is 0 Å². The Morgan fingerprint density at radius 3 is 2.77 bits per heavy atom. The highest BCUT2D eigenvalue weighted by Gasteiger charge is 2.16. The van der Waals surface area contributed by atoms with Gasteiger partial charge >= 0.3 is 0 Å². The van der Waals surface area contributed by atoms with Crippen LogP contribution in [-0.4, -0.2) is 39.4 Å². The summed E-state index contributed by atoms with van der Waals surface area (Å²) in [5, 5.41) is 11.2. The fourth-order valence-corrected chi connectivity index (χ4v) is 3.32. The predicted molar refractivity (Wildman–Crippen MR) is 102 cm³/mol. The van der Waals surface area contributed by atoms with Crippen LogP contribution in [0.5, 0.6) is 0 Å². The first kappa shape index (κ1) is 16.7. The molecule has 0 unspecified atom stereocenters. The van der Waals surface area contributed by atoms with Crippen molar-refractivity contribution in [3.63, 3.8) is 0 Å². The highest BCUT2D eigenvalue weighted by atomic mass is 15.3. The monoisotopic (exact) mass is 348 g/mol. The van der Waals surface area contributed by atoms with Crippen LogP contribution in [0, 0.1) is 0 Å². The first-order chi connectivity index (χ1) is 12.9.